The monoisotopic (exact) mass is 434 g/mol. The molecule has 8 nitrogen and oxygen atoms in total. The van der Waals surface area contributed by atoms with E-state index in [0.29, 0.717) is 5.56 Å². The SMILES string of the molecule is CC(C)(C)c1ccc(C(=O)NNC(=S)NC(=O)c2ccc(Cl)c([N+](=O)[O-])c2)cc1. The molecule has 2 aromatic carbocycles. The lowest BCUT2D eigenvalue weighted by atomic mass is 9.87. The van der Waals surface area contributed by atoms with Crippen LogP contribution in [0.15, 0.2) is 42.5 Å². The van der Waals surface area contributed by atoms with Gasteiger partial charge in [0.05, 0.1) is 4.92 Å². The number of amides is 2. The number of nitro groups is 1. The van der Waals surface area contributed by atoms with Crippen molar-refractivity contribution in [1.82, 2.24) is 16.2 Å². The maximum absolute atomic E-state index is 12.2. The van der Waals surface area contributed by atoms with Crippen LogP contribution in [0.5, 0.6) is 0 Å². The van der Waals surface area contributed by atoms with Crippen LogP contribution in [0.1, 0.15) is 47.1 Å². The number of carbonyl (C=O) groups excluding carboxylic acids is 2. The van der Waals surface area contributed by atoms with E-state index in [4.69, 9.17) is 23.8 Å². The summed E-state index contributed by atoms with van der Waals surface area (Å²) in [5.74, 6) is -1.13. The van der Waals surface area contributed by atoms with Crippen molar-refractivity contribution >= 4 is 46.4 Å². The predicted molar refractivity (Wildman–Crippen MR) is 114 cm³/mol. The maximum atomic E-state index is 12.2. The molecule has 0 heterocycles. The van der Waals surface area contributed by atoms with Gasteiger partial charge in [-0.3, -0.25) is 35.9 Å². The summed E-state index contributed by atoms with van der Waals surface area (Å²) in [6, 6.07) is 10.7. The Hall–Kier alpha value is -3.04. The van der Waals surface area contributed by atoms with Crippen LogP contribution in [0.2, 0.25) is 5.02 Å². The van der Waals surface area contributed by atoms with Crippen molar-refractivity contribution in [3.63, 3.8) is 0 Å². The van der Waals surface area contributed by atoms with E-state index in [0.717, 1.165) is 11.6 Å². The van der Waals surface area contributed by atoms with Gasteiger partial charge in [0.1, 0.15) is 5.02 Å². The molecule has 0 aromatic heterocycles. The third kappa shape index (κ3) is 5.97. The number of carbonyl (C=O) groups is 2. The number of nitrogens with zero attached hydrogens (tertiary/aromatic N) is 1. The van der Waals surface area contributed by atoms with Crippen molar-refractivity contribution in [2.45, 2.75) is 26.2 Å². The second-order valence-electron chi connectivity index (χ2n) is 7.11. The summed E-state index contributed by atoms with van der Waals surface area (Å²) in [7, 11) is 0. The highest BCUT2D eigenvalue weighted by Gasteiger charge is 2.17. The summed E-state index contributed by atoms with van der Waals surface area (Å²) < 4.78 is 0. The first-order chi connectivity index (χ1) is 13.5. The number of hydrazine groups is 1. The van der Waals surface area contributed by atoms with Gasteiger partial charge in [-0.15, -0.1) is 0 Å². The van der Waals surface area contributed by atoms with E-state index in [1.54, 1.807) is 12.1 Å². The molecule has 0 fully saturated rings. The number of hydrogen-bond donors (Lipinski definition) is 3. The second kappa shape index (κ2) is 8.97. The standard InChI is InChI=1S/C19H19ClN4O4S/c1-19(2,3)13-7-4-11(5-8-13)17(26)22-23-18(29)21-16(25)12-6-9-14(20)15(10-12)24(27)28/h4-10H,1-3H3,(H,22,26)(H2,21,23,25,29). The minimum Gasteiger partial charge on any atom is -0.298 e. The summed E-state index contributed by atoms with van der Waals surface area (Å²) in [5.41, 5.74) is 5.85. The van der Waals surface area contributed by atoms with Crippen molar-refractivity contribution in [3.05, 3.63) is 74.3 Å². The summed E-state index contributed by atoms with van der Waals surface area (Å²) in [6.07, 6.45) is 0. The Balaban J connectivity index is 1.94. The van der Waals surface area contributed by atoms with Gasteiger partial charge in [0.15, 0.2) is 5.11 Å². The van der Waals surface area contributed by atoms with E-state index in [-0.39, 0.29) is 21.1 Å². The van der Waals surface area contributed by atoms with Gasteiger partial charge in [-0.1, -0.05) is 44.5 Å². The molecule has 0 spiro atoms. The van der Waals surface area contributed by atoms with Crippen molar-refractivity contribution in [2.75, 3.05) is 0 Å². The van der Waals surface area contributed by atoms with E-state index >= 15 is 0 Å². The maximum Gasteiger partial charge on any atom is 0.288 e. The van der Waals surface area contributed by atoms with Gasteiger partial charge < -0.3 is 0 Å². The molecular formula is C19H19ClN4O4S. The van der Waals surface area contributed by atoms with E-state index < -0.39 is 22.4 Å². The fourth-order valence-electron chi connectivity index (χ4n) is 2.31. The van der Waals surface area contributed by atoms with E-state index in [9.17, 15) is 19.7 Å². The largest absolute Gasteiger partial charge is 0.298 e. The molecule has 0 bridgehead atoms. The van der Waals surface area contributed by atoms with Gasteiger partial charge >= 0.3 is 0 Å². The molecular weight excluding hydrogens is 416 g/mol. The average Bonchev–Trinajstić information content (AvgIpc) is 2.65. The van der Waals surface area contributed by atoms with Crippen LogP contribution in [0.3, 0.4) is 0 Å². The lowest BCUT2D eigenvalue weighted by Crippen LogP contribution is -2.48. The Morgan fingerprint density at radius 3 is 2.14 bits per heavy atom. The minimum atomic E-state index is -0.694. The molecule has 0 atom stereocenters. The van der Waals surface area contributed by atoms with Gasteiger partial charge in [-0.2, -0.15) is 0 Å². The van der Waals surface area contributed by atoms with Crippen LogP contribution in [-0.4, -0.2) is 21.9 Å². The normalized spacial score (nSPS) is 10.8. The van der Waals surface area contributed by atoms with Crippen molar-refractivity contribution in [2.24, 2.45) is 0 Å². The summed E-state index contributed by atoms with van der Waals surface area (Å²) in [5, 5.41) is 13.0. The third-order valence-electron chi connectivity index (χ3n) is 3.93. The number of thiocarbonyl (C=S) groups is 1. The molecule has 0 aliphatic carbocycles. The van der Waals surface area contributed by atoms with Crippen LogP contribution in [0.25, 0.3) is 0 Å². The topological polar surface area (TPSA) is 113 Å². The lowest BCUT2D eigenvalue weighted by molar-refractivity contribution is -0.384. The van der Waals surface area contributed by atoms with E-state index in [1.807, 2.05) is 12.1 Å². The van der Waals surface area contributed by atoms with Gasteiger partial charge in [0.25, 0.3) is 17.5 Å². The van der Waals surface area contributed by atoms with Crippen molar-refractivity contribution in [1.29, 1.82) is 0 Å². The van der Waals surface area contributed by atoms with Gasteiger partial charge in [0.2, 0.25) is 0 Å². The highest BCUT2D eigenvalue weighted by atomic mass is 35.5. The number of rotatable bonds is 3. The zero-order valence-electron chi connectivity index (χ0n) is 15.9. The Bertz CT molecular complexity index is 971. The number of halogens is 1. The molecule has 2 rings (SSSR count). The first-order valence-corrected chi connectivity index (χ1v) is 9.24. The van der Waals surface area contributed by atoms with Crippen LogP contribution < -0.4 is 16.2 Å². The Kier molecular flexibility index (Phi) is 6.89. The van der Waals surface area contributed by atoms with Gasteiger partial charge in [0, 0.05) is 17.2 Å². The Morgan fingerprint density at radius 2 is 1.59 bits per heavy atom. The fraction of sp³-hybridized carbons (Fsp3) is 0.211. The highest BCUT2D eigenvalue weighted by molar-refractivity contribution is 7.80. The average molecular weight is 435 g/mol. The molecule has 0 unspecified atom stereocenters. The van der Waals surface area contributed by atoms with Crippen LogP contribution in [0.4, 0.5) is 5.69 Å². The smallest absolute Gasteiger partial charge is 0.288 e. The predicted octanol–water partition coefficient (Wildman–Crippen LogP) is 3.50. The molecule has 0 saturated carbocycles. The zero-order valence-corrected chi connectivity index (χ0v) is 17.5. The first kappa shape index (κ1) is 22.3. The molecule has 0 aliphatic heterocycles. The van der Waals surface area contributed by atoms with Crippen LogP contribution in [0, 0.1) is 10.1 Å². The fourth-order valence-corrected chi connectivity index (χ4v) is 2.64. The van der Waals surface area contributed by atoms with E-state index in [1.165, 1.54) is 12.1 Å². The molecule has 10 heteroatoms. The molecule has 0 aliphatic rings. The highest BCUT2D eigenvalue weighted by Crippen LogP contribution is 2.25. The number of nitrogens with one attached hydrogen (secondary N) is 3. The Labute approximate surface area is 177 Å². The van der Waals surface area contributed by atoms with Crippen LogP contribution in [-0.2, 0) is 5.41 Å². The Morgan fingerprint density at radius 1 is 1.00 bits per heavy atom. The van der Waals surface area contributed by atoms with Crippen LogP contribution >= 0.6 is 23.8 Å². The number of hydrogen-bond acceptors (Lipinski definition) is 5. The first-order valence-electron chi connectivity index (χ1n) is 8.45. The quantitative estimate of drug-likeness (QED) is 0.387. The zero-order chi connectivity index (χ0) is 21.8. The number of nitro benzene ring substituents is 1. The molecule has 2 amide bonds. The number of benzene rings is 2. The minimum absolute atomic E-state index is 0.00524. The van der Waals surface area contributed by atoms with Crippen molar-refractivity contribution in [3.8, 4) is 0 Å². The van der Waals surface area contributed by atoms with Gasteiger partial charge in [-0.05, 0) is 47.5 Å². The lowest BCUT2D eigenvalue weighted by Gasteiger charge is -2.19. The molecule has 152 valence electrons. The molecule has 3 N–H and O–H groups in total. The second-order valence-corrected chi connectivity index (χ2v) is 7.93. The summed E-state index contributed by atoms with van der Waals surface area (Å²) in [4.78, 5) is 34.6. The molecule has 0 saturated heterocycles. The van der Waals surface area contributed by atoms with E-state index in [2.05, 4.69) is 36.9 Å². The van der Waals surface area contributed by atoms with Gasteiger partial charge in [-0.25, -0.2) is 0 Å². The van der Waals surface area contributed by atoms with Crippen molar-refractivity contribution < 1.29 is 14.5 Å². The third-order valence-corrected chi connectivity index (χ3v) is 4.46. The molecule has 2 aromatic rings. The molecule has 0 radical (unpaired) electrons. The summed E-state index contributed by atoms with van der Waals surface area (Å²) in [6.45, 7) is 6.21. The molecule has 29 heavy (non-hydrogen) atoms. The summed E-state index contributed by atoms with van der Waals surface area (Å²) >= 11 is 10.7.